The first-order chi connectivity index (χ1) is 17.5. The molecule has 1 aliphatic heterocycles. The van der Waals surface area contributed by atoms with Crippen molar-refractivity contribution in [2.45, 2.75) is 76.9 Å². The quantitative estimate of drug-likeness (QED) is 0.268. The molecule has 10 nitrogen and oxygen atoms in total. The first-order valence-corrected chi connectivity index (χ1v) is 12.9. The fraction of sp³-hybridized carbons (Fsp3) is 0.630. The van der Waals surface area contributed by atoms with Gasteiger partial charge in [-0.05, 0) is 71.2 Å². The average Bonchev–Trinajstić information content (AvgIpc) is 3.68. The lowest BCUT2D eigenvalue weighted by molar-refractivity contribution is -0.163. The molecule has 1 amide bonds. The second-order valence-corrected chi connectivity index (χ2v) is 10.7. The molecule has 2 aliphatic rings. The smallest absolute Gasteiger partial charge is 0.254 e. The third kappa shape index (κ3) is 8.82. The molecule has 0 radical (unpaired) electrons. The highest BCUT2D eigenvalue weighted by atomic mass is 16.5. The van der Waals surface area contributed by atoms with E-state index in [9.17, 15) is 14.7 Å². The number of morpholine rings is 1. The summed E-state index contributed by atoms with van der Waals surface area (Å²) in [5.41, 5.74) is 0.961. The number of nitrogens with one attached hydrogen (secondary N) is 2. The van der Waals surface area contributed by atoms with Gasteiger partial charge < -0.3 is 39.4 Å². The number of methoxy groups -OCH3 is 1. The van der Waals surface area contributed by atoms with Crippen molar-refractivity contribution in [1.29, 1.82) is 0 Å². The minimum atomic E-state index is -0.770. The van der Waals surface area contributed by atoms with Gasteiger partial charge in [-0.15, -0.1) is 0 Å². The Morgan fingerprint density at radius 3 is 2.65 bits per heavy atom. The number of pyridine rings is 1. The number of amides is 1. The first-order valence-electron chi connectivity index (χ1n) is 12.9. The maximum atomic E-state index is 13.7. The number of ether oxygens (including phenoxy) is 3. The van der Waals surface area contributed by atoms with Gasteiger partial charge in [0.25, 0.3) is 5.91 Å². The van der Waals surface area contributed by atoms with Crippen LogP contribution < -0.4 is 10.9 Å². The lowest BCUT2D eigenvalue weighted by atomic mass is 10.1. The zero-order valence-electron chi connectivity index (χ0n) is 22.5. The van der Waals surface area contributed by atoms with Gasteiger partial charge in [0.15, 0.2) is 17.9 Å². The van der Waals surface area contributed by atoms with Crippen LogP contribution in [0.4, 0.5) is 0 Å². The summed E-state index contributed by atoms with van der Waals surface area (Å²) in [6.07, 6.45) is 1.97. The maximum absolute atomic E-state index is 13.7. The Kier molecular flexibility index (Phi) is 9.67. The summed E-state index contributed by atoms with van der Waals surface area (Å²) in [4.78, 5) is 32.6. The molecular formula is C27H42N4O6. The van der Waals surface area contributed by atoms with Crippen LogP contribution in [0, 0.1) is 0 Å². The summed E-state index contributed by atoms with van der Waals surface area (Å²) < 4.78 is 16.9. The SMILES string of the molecule is C=C(NCCCc1cc(CN(C(=O)[C@H]2CN(C(=C)OC(C)(C)C)C[C@@H](CO)O2)C2CC2)cc(=O)[nH]1)OC. The summed E-state index contributed by atoms with van der Waals surface area (Å²) in [5, 5.41) is 12.9. The summed E-state index contributed by atoms with van der Waals surface area (Å²) >= 11 is 0. The number of carbonyl (C=O) groups is 1. The number of H-pyrrole nitrogens is 1. The van der Waals surface area contributed by atoms with Crippen LogP contribution in [0.1, 0.15) is 51.3 Å². The zero-order chi connectivity index (χ0) is 27.2. The Labute approximate surface area is 219 Å². The third-order valence-corrected chi connectivity index (χ3v) is 6.20. The summed E-state index contributed by atoms with van der Waals surface area (Å²) in [6, 6.07) is 3.60. The van der Waals surface area contributed by atoms with Gasteiger partial charge in [-0.2, -0.15) is 0 Å². The molecule has 1 aromatic rings. The minimum Gasteiger partial charge on any atom is -0.483 e. The molecule has 2 fully saturated rings. The number of nitrogens with zero attached hydrogens (tertiary/aromatic N) is 2. The first kappa shape index (κ1) is 28.6. The van der Waals surface area contributed by atoms with E-state index in [2.05, 4.69) is 23.5 Å². The van der Waals surface area contributed by atoms with Crippen molar-refractivity contribution in [2.24, 2.45) is 0 Å². The molecule has 1 aromatic heterocycles. The highest BCUT2D eigenvalue weighted by Gasteiger charge is 2.40. The molecular weight excluding hydrogens is 476 g/mol. The van der Waals surface area contributed by atoms with Crippen molar-refractivity contribution in [2.75, 3.05) is 33.4 Å². The normalized spacial score (nSPS) is 19.8. The molecule has 0 unspecified atom stereocenters. The molecule has 2 atom stereocenters. The third-order valence-electron chi connectivity index (χ3n) is 6.20. The number of carbonyl (C=O) groups excluding carboxylic acids is 1. The molecule has 1 saturated carbocycles. The van der Waals surface area contributed by atoms with E-state index in [-0.39, 0.29) is 30.7 Å². The Hall–Kier alpha value is -2.98. The lowest BCUT2D eigenvalue weighted by Gasteiger charge is -2.41. The number of hydrogen-bond acceptors (Lipinski definition) is 8. The van der Waals surface area contributed by atoms with Crippen molar-refractivity contribution >= 4 is 5.91 Å². The van der Waals surface area contributed by atoms with E-state index < -0.39 is 17.8 Å². The van der Waals surface area contributed by atoms with Crippen molar-refractivity contribution in [3.8, 4) is 0 Å². The van der Waals surface area contributed by atoms with Crippen LogP contribution in [-0.2, 0) is 32.0 Å². The summed E-state index contributed by atoms with van der Waals surface area (Å²) in [7, 11) is 1.55. The van der Waals surface area contributed by atoms with Crippen LogP contribution in [0.5, 0.6) is 0 Å². The molecule has 1 saturated heterocycles. The van der Waals surface area contributed by atoms with Gasteiger partial charge in [0.1, 0.15) is 5.60 Å². The molecule has 3 rings (SSSR count). The van der Waals surface area contributed by atoms with Gasteiger partial charge in [-0.25, -0.2) is 0 Å². The second kappa shape index (κ2) is 12.5. The number of rotatable bonds is 13. The average molecular weight is 519 g/mol. The number of aliphatic hydroxyl groups is 1. The molecule has 3 N–H and O–H groups in total. The van der Waals surface area contributed by atoms with Crippen molar-refractivity contribution in [3.63, 3.8) is 0 Å². The van der Waals surface area contributed by atoms with Gasteiger partial charge >= 0.3 is 0 Å². The second-order valence-electron chi connectivity index (χ2n) is 10.7. The van der Waals surface area contributed by atoms with E-state index in [1.165, 1.54) is 0 Å². The molecule has 37 heavy (non-hydrogen) atoms. The predicted molar refractivity (Wildman–Crippen MR) is 140 cm³/mol. The Morgan fingerprint density at radius 1 is 1.30 bits per heavy atom. The van der Waals surface area contributed by atoms with Gasteiger partial charge in [0.05, 0.1) is 26.4 Å². The highest BCUT2D eigenvalue weighted by Crippen LogP contribution is 2.30. The largest absolute Gasteiger partial charge is 0.483 e. The van der Waals surface area contributed by atoms with E-state index in [4.69, 9.17) is 14.2 Å². The van der Waals surface area contributed by atoms with Gasteiger partial charge in [0, 0.05) is 37.4 Å². The van der Waals surface area contributed by atoms with Gasteiger partial charge in [-0.1, -0.05) is 0 Å². The predicted octanol–water partition coefficient (Wildman–Crippen LogP) is 1.85. The van der Waals surface area contributed by atoms with Crippen LogP contribution in [-0.4, -0.2) is 83.0 Å². The Bertz CT molecular complexity index is 1010. The molecule has 206 valence electrons. The van der Waals surface area contributed by atoms with Crippen LogP contribution in [0.3, 0.4) is 0 Å². The maximum Gasteiger partial charge on any atom is 0.254 e. The van der Waals surface area contributed by atoms with E-state index >= 15 is 0 Å². The fourth-order valence-electron chi connectivity index (χ4n) is 4.32. The van der Waals surface area contributed by atoms with E-state index in [0.717, 1.165) is 30.5 Å². The summed E-state index contributed by atoms with van der Waals surface area (Å²) in [6.45, 7) is 15.0. The zero-order valence-corrected chi connectivity index (χ0v) is 22.5. The number of aromatic amines is 1. The monoisotopic (exact) mass is 518 g/mol. The van der Waals surface area contributed by atoms with Crippen molar-refractivity contribution in [3.05, 3.63) is 58.7 Å². The molecule has 0 spiro atoms. The molecule has 0 aromatic carbocycles. The standard InChI is InChI=1S/C27H42N4O6/c1-18(35-6)28-11-7-8-21-12-20(13-25(33)29-21)14-31(22-9-10-22)26(34)24-16-30(15-23(17-32)36-24)19(2)37-27(3,4)5/h12-13,22-24,28,32H,1-2,7-11,14-17H2,3-6H3,(H,29,33)/t23-,24+/m0/s1. The van der Waals surface area contributed by atoms with Crippen LogP contribution in [0.2, 0.25) is 0 Å². The topological polar surface area (TPSA) is 116 Å². The van der Waals surface area contributed by atoms with E-state index in [0.29, 0.717) is 37.8 Å². The van der Waals surface area contributed by atoms with Gasteiger partial charge in [-0.3, -0.25) is 9.59 Å². The highest BCUT2D eigenvalue weighted by molar-refractivity contribution is 5.82. The fourth-order valence-corrected chi connectivity index (χ4v) is 4.32. The van der Waals surface area contributed by atoms with Gasteiger partial charge in [0.2, 0.25) is 5.56 Å². The van der Waals surface area contributed by atoms with Crippen LogP contribution >= 0.6 is 0 Å². The number of aryl methyl sites for hydroxylation is 1. The summed E-state index contributed by atoms with van der Waals surface area (Å²) in [5.74, 6) is 0.799. The minimum absolute atomic E-state index is 0.111. The molecule has 1 aliphatic carbocycles. The Balaban J connectivity index is 1.69. The molecule has 10 heteroatoms. The lowest BCUT2D eigenvalue weighted by Crippen LogP contribution is -2.55. The number of hydrogen-bond donors (Lipinski definition) is 3. The molecule has 0 bridgehead atoms. The van der Waals surface area contributed by atoms with Crippen LogP contribution in [0.15, 0.2) is 41.9 Å². The number of aliphatic hydroxyl groups excluding tert-OH is 1. The van der Waals surface area contributed by atoms with E-state index in [1.54, 1.807) is 18.1 Å². The van der Waals surface area contributed by atoms with Crippen LogP contribution in [0.25, 0.3) is 0 Å². The van der Waals surface area contributed by atoms with E-state index in [1.807, 2.05) is 31.7 Å². The molecule has 2 heterocycles. The number of aromatic nitrogens is 1. The van der Waals surface area contributed by atoms with Crippen molar-refractivity contribution < 1.29 is 24.1 Å². The Morgan fingerprint density at radius 2 is 2.03 bits per heavy atom. The van der Waals surface area contributed by atoms with Crippen molar-refractivity contribution in [1.82, 2.24) is 20.1 Å².